The van der Waals surface area contributed by atoms with Crippen molar-refractivity contribution in [2.24, 2.45) is 0 Å². The van der Waals surface area contributed by atoms with Gasteiger partial charge in [-0.1, -0.05) is 6.92 Å². The summed E-state index contributed by atoms with van der Waals surface area (Å²) in [4.78, 5) is 0. The van der Waals surface area contributed by atoms with E-state index in [1.54, 1.807) is 0 Å². The molecule has 0 aromatic heterocycles. The Morgan fingerprint density at radius 1 is 1.22 bits per heavy atom. The molecular weight excluding hydrogens is 243 g/mol. The molecule has 0 amide bonds. The molecule has 0 N–H and O–H groups in total. The summed E-state index contributed by atoms with van der Waals surface area (Å²) < 4.78 is 0.569. The zero-order chi connectivity index (χ0) is 6.78. The van der Waals surface area contributed by atoms with Crippen molar-refractivity contribution < 1.29 is 24.0 Å². The number of hydrogen-bond acceptors (Lipinski definition) is 0. The average molecular weight is 260 g/mol. The Balaban J connectivity index is 0. The van der Waals surface area contributed by atoms with Crippen molar-refractivity contribution in [1.82, 2.24) is 0 Å². The van der Waals surface area contributed by atoms with Gasteiger partial charge in [0.1, 0.15) is 4.75 Å². The lowest BCUT2D eigenvalue weighted by Crippen LogP contribution is -3.00. The standard InChI is InChI=1S/C7H17S.HI/c1-6-7(2,3)8(4)5;/h6H2,1-5H3;1H/q+1;/p-1. The Morgan fingerprint density at radius 2 is 1.56 bits per heavy atom. The third kappa shape index (κ3) is 4.48. The van der Waals surface area contributed by atoms with Crippen LogP contribution in [0.3, 0.4) is 0 Å². The molecule has 0 heterocycles. The largest absolute Gasteiger partial charge is 1.00 e. The fraction of sp³-hybridized carbons (Fsp3) is 1.00. The molecule has 0 unspecified atom stereocenters. The maximum Gasteiger partial charge on any atom is 0.121 e. The summed E-state index contributed by atoms with van der Waals surface area (Å²) in [5.41, 5.74) is 0. The van der Waals surface area contributed by atoms with Gasteiger partial charge in [-0.3, -0.25) is 0 Å². The summed E-state index contributed by atoms with van der Waals surface area (Å²) in [6, 6.07) is 0. The smallest absolute Gasteiger partial charge is 0.121 e. The fourth-order valence-corrected chi connectivity index (χ4v) is 0.866. The first-order valence-electron chi connectivity index (χ1n) is 3.08. The molecule has 0 aromatic rings. The second kappa shape index (κ2) is 4.83. The Hall–Kier alpha value is 1.08. The molecule has 0 rings (SSSR count). The molecule has 9 heavy (non-hydrogen) atoms. The third-order valence-electron chi connectivity index (χ3n) is 1.96. The van der Waals surface area contributed by atoms with Crippen LogP contribution in [0.15, 0.2) is 0 Å². The first-order chi connectivity index (χ1) is 3.50. The van der Waals surface area contributed by atoms with Gasteiger partial charge in [-0.25, -0.2) is 0 Å². The summed E-state index contributed by atoms with van der Waals surface area (Å²) in [5, 5.41) is 0. The number of halogens is 1. The van der Waals surface area contributed by atoms with E-state index in [1.807, 2.05) is 0 Å². The van der Waals surface area contributed by atoms with Crippen molar-refractivity contribution in [3.63, 3.8) is 0 Å². The quantitative estimate of drug-likeness (QED) is 0.444. The minimum atomic E-state index is 0. The van der Waals surface area contributed by atoms with Crippen LogP contribution in [0, 0.1) is 0 Å². The lowest BCUT2D eigenvalue weighted by Gasteiger charge is -2.17. The zero-order valence-electron chi connectivity index (χ0n) is 6.99. The fourth-order valence-electron chi connectivity index (χ4n) is 0.289. The summed E-state index contributed by atoms with van der Waals surface area (Å²) in [5.74, 6) is 0. The third-order valence-corrected chi connectivity index (χ3v) is 4.46. The molecule has 58 valence electrons. The molecule has 0 fully saturated rings. The van der Waals surface area contributed by atoms with E-state index in [4.69, 9.17) is 0 Å². The first-order valence-corrected chi connectivity index (χ1v) is 5.12. The average Bonchev–Trinajstić information content (AvgIpc) is 1.67. The normalized spacial score (nSPS) is 11.3. The predicted molar refractivity (Wildman–Crippen MR) is 43.6 cm³/mol. The Labute approximate surface area is 79.2 Å². The van der Waals surface area contributed by atoms with Gasteiger partial charge >= 0.3 is 0 Å². The van der Waals surface area contributed by atoms with Crippen molar-refractivity contribution in [2.45, 2.75) is 31.9 Å². The number of rotatable bonds is 2. The lowest BCUT2D eigenvalue weighted by atomic mass is 10.1. The molecule has 2 heteroatoms. The van der Waals surface area contributed by atoms with Gasteiger partial charge in [0.25, 0.3) is 0 Å². The van der Waals surface area contributed by atoms with Gasteiger partial charge in [0.2, 0.25) is 0 Å². The molecule has 0 saturated carbocycles. The Kier molecular flexibility index (Phi) is 6.83. The summed E-state index contributed by atoms with van der Waals surface area (Å²) in [7, 11) is 0.574. The van der Waals surface area contributed by atoms with E-state index in [0.717, 1.165) is 0 Å². The van der Waals surface area contributed by atoms with E-state index in [9.17, 15) is 0 Å². The minimum Gasteiger partial charge on any atom is -1.00 e. The first kappa shape index (κ1) is 12.7. The second-order valence-electron chi connectivity index (χ2n) is 2.93. The second-order valence-corrected chi connectivity index (χ2v) is 5.67. The highest BCUT2D eigenvalue weighted by molar-refractivity contribution is 7.96. The van der Waals surface area contributed by atoms with Crippen LogP contribution in [0.1, 0.15) is 27.2 Å². The van der Waals surface area contributed by atoms with Crippen LogP contribution < -0.4 is 24.0 Å². The van der Waals surface area contributed by atoms with Crippen molar-refractivity contribution in [2.75, 3.05) is 12.5 Å². The minimum absolute atomic E-state index is 0. The van der Waals surface area contributed by atoms with Crippen LogP contribution in [0.2, 0.25) is 0 Å². The van der Waals surface area contributed by atoms with E-state index in [2.05, 4.69) is 33.3 Å². The lowest BCUT2D eigenvalue weighted by molar-refractivity contribution is -0.00000212. The van der Waals surface area contributed by atoms with Gasteiger partial charge in [-0.05, 0) is 31.2 Å². The van der Waals surface area contributed by atoms with Crippen molar-refractivity contribution in [3.05, 3.63) is 0 Å². The molecule has 0 atom stereocenters. The maximum absolute atomic E-state index is 2.33. The molecular formula is C7H17IS. The monoisotopic (exact) mass is 260 g/mol. The molecule has 0 spiro atoms. The molecule has 0 aliphatic heterocycles. The van der Waals surface area contributed by atoms with Gasteiger partial charge < -0.3 is 24.0 Å². The van der Waals surface area contributed by atoms with Crippen LogP contribution in [-0.2, 0) is 10.9 Å². The molecule has 0 nitrogen and oxygen atoms in total. The molecule has 0 bridgehead atoms. The van der Waals surface area contributed by atoms with Gasteiger partial charge in [0.05, 0.1) is 12.5 Å². The van der Waals surface area contributed by atoms with Gasteiger partial charge in [-0.15, -0.1) is 0 Å². The highest BCUT2D eigenvalue weighted by atomic mass is 127. The van der Waals surface area contributed by atoms with Gasteiger partial charge in [0.15, 0.2) is 0 Å². The van der Waals surface area contributed by atoms with Crippen molar-refractivity contribution in [3.8, 4) is 0 Å². The molecule has 0 aromatic carbocycles. The van der Waals surface area contributed by atoms with E-state index in [-0.39, 0.29) is 24.0 Å². The summed E-state index contributed by atoms with van der Waals surface area (Å²) in [6.07, 6.45) is 5.91. The van der Waals surface area contributed by atoms with Crippen LogP contribution in [0.25, 0.3) is 0 Å². The van der Waals surface area contributed by atoms with E-state index >= 15 is 0 Å². The maximum atomic E-state index is 2.33. The Morgan fingerprint density at radius 3 is 1.56 bits per heavy atom. The van der Waals surface area contributed by atoms with E-state index < -0.39 is 0 Å². The summed E-state index contributed by atoms with van der Waals surface area (Å²) >= 11 is 0. The topological polar surface area (TPSA) is 0 Å². The van der Waals surface area contributed by atoms with Gasteiger partial charge in [-0.2, -0.15) is 0 Å². The SMILES string of the molecule is CCC(C)(C)[S+](C)C.[I-]. The van der Waals surface area contributed by atoms with E-state index in [1.165, 1.54) is 6.42 Å². The predicted octanol–water partition coefficient (Wildman–Crippen LogP) is -0.943. The highest BCUT2D eigenvalue weighted by Gasteiger charge is 2.27. The molecule has 0 radical (unpaired) electrons. The van der Waals surface area contributed by atoms with Crippen molar-refractivity contribution in [1.29, 1.82) is 0 Å². The van der Waals surface area contributed by atoms with Gasteiger partial charge in [0, 0.05) is 0 Å². The Bertz CT molecular complexity index is 69.3. The van der Waals surface area contributed by atoms with E-state index in [0.29, 0.717) is 15.6 Å². The molecule has 0 aliphatic rings. The van der Waals surface area contributed by atoms with Crippen LogP contribution in [0.4, 0.5) is 0 Å². The summed E-state index contributed by atoms with van der Waals surface area (Å²) in [6.45, 7) is 6.92. The van der Waals surface area contributed by atoms with Crippen molar-refractivity contribution >= 4 is 10.9 Å². The highest BCUT2D eigenvalue weighted by Crippen LogP contribution is 2.18. The molecule has 0 aliphatic carbocycles. The number of hydrogen-bond donors (Lipinski definition) is 0. The molecule has 0 saturated heterocycles. The van der Waals surface area contributed by atoms with Crippen LogP contribution in [0.5, 0.6) is 0 Å². The van der Waals surface area contributed by atoms with Crippen LogP contribution in [-0.4, -0.2) is 17.3 Å². The zero-order valence-corrected chi connectivity index (χ0v) is 9.97. The van der Waals surface area contributed by atoms with Crippen LogP contribution >= 0.6 is 0 Å².